The van der Waals surface area contributed by atoms with Crippen LogP contribution in [0.15, 0.2) is 70.6 Å². The normalized spacial score (nSPS) is 11.5. The molecule has 2 N–H and O–H groups in total. The van der Waals surface area contributed by atoms with Crippen molar-refractivity contribution in [2.24, 2.45) is 0 Å². The summed E-state index contributed by atoms with van der Waals surface area (Å²) in [5.74, 6) is 0.456. The Labute approximate surface area is 213 Å². The molecule has 0 bridgehead atoms. The van der Waals surface area contributed by atoms with E-state index in [0.29, 0.717) is 17.2 Å². The van der Waals surface area contributed by atoms with Crippen LogP contribution in [0.2, 0.25) is 0 Å². The number of rotatable bonds is 7. The zero-order valence-electron chi connectivity index (χ0n) is 22.0. The summed E-state index contributed by atoms with van der Waals surface area (Å²) in [5, 5.41) is 5.84. The fraction of sp³-hybridized carbons (Fsp3) is 0.310. The lowest BCUT2D eigenvalue weighted by atomic mass is 9.87. The van der Waals surface area contributed by atoms with Gasteiger partial charge in [-0.05, 0) is 54.9 Å². The molecule has 0 radical (unpaired) electrons. The van der Waals surface area contributed by atoms with Crippen LogP contribution in [0.1, 0.15) is 57.6 Å². The maximum atomic E-state index is 13.5. The summed E-state index contributed by atoms with van der Waals surface area (Å²) < 4.78 is 0. The highest BCUT2D eigenvalue weighted by Gasteiger charge is 2.21. The molecular weight excluding hydrogens is 452 g/mol. The van der Waals surface area contributed by atoms with Gasteiger partial charge in [0.05, 0.1) is 5.03 Å². The summed E-state index contributed by atoms with van der Waals surface area (Å²) in [7, 11) is 4.01. The number of nitrogens with zero attached hydrogens (tertiary/aromatic N) is 2. The number of carbonyl (C=O) groups excluding carboxylic acids is 1. The molecule has 6 heteroatoms. The first-order valence-electron chi connectivity index (χ1n) is 11.8. The van der Waals surface area contributed by atoms with Gasteiger partial charge in [-0.1, -0.05) is 75.0 Å². The minimum atomic E-state index is -0.213. The number of imidazole rings is 1. The van der Waals surface area contributed by atoms with E-state index in [1.165, 1.54) is 17.3 Å². The molecule has 0 aliphatic carbocycles. The number of thioether (sulfide) groups is 1. The third-order valence-corrected chi connectivity index (χ3v) is 6.77. The quantitative estimate of drug-likeness (QED) is 0.365. The number of nitrogens with one attached hydrogen (secondary N) is 2. The number of amides is 1. The molecule has 0 unspecified atom stereocenters. The Bertz CT molecular complexity index is 1220. The van der Waals surface area contributed by atoms with Gasteiger partial charge in [-0.15, -0.1) is 0 Å². The summed E-state index contributed by atoms with van der Waals surface area (Å²) in [6.07, 6.45) is 1.95. The lowest BCUT2D eigenvalue weighted by Crippen LogP contribution is -2.23. The van der Waals surface area contributed by atoms with Gasteiger partial charge in [0.15, 0.2) is 0 Å². The number of hydrogen-bond acceptors (Lipinski definition) is 4. The molecule has 35 heavy (non-hydrogen) atoms. The molecule has 0 fully saturated rings. The van der Waals surface area contributed by atoms with Gasteiger partial charge in [0.2, 0.25) is 0 Å². The summed E-state index contributed by atoms with van der Waals surface area (Å²) >= 11 is 1.49. The number of benzene rings is 2. The molecule has 1 aromatic heterocycles. The molecule has 5 nitrogen and oxygen atoms in total. The van der Waals surface area contributed by atoms with Crippen molar-refractivity contribution in [3.8, 4) is 22.6 Å². The number of aromatic amines is 1. The van der Waals surface area contributed by atoms with Gasteiger partial charge in [-0.3, -0.25) is 4.79 Å². The van der Waals surface area contributed by atoms with E-state index in [9.17, 15) is 4.79 Å². The van der Waals surface area contributed by atoms with Gasteiger partial charge in [0.25, 0.3) is 5.91 Å². The Kier molecular flexibility index (Phi) is 8.28. The van der Waals surface area contributed by atoms with Gasteiger partial charge in [-0.2, -0.15) is 0 Å². The number of allylic oxidation sites excluding steroid dienone is 2. The lowest BCUT2D eigenvalue weighted by molar-refractivity contribution is 0.0965. The van der Waals surface area contributed by atoms with Gasteiger partial charge >= 0.3 is 0 Å². The Morgan fingerprint density at radius 1 is 1.00 bits per heavy atom. The van der Waals surface area contributed by atoms with E-state index in [-0.39, 0.29) is 11.3 Å². The maximum Gasteiger partial charge on any atom is 0.274 e. The van der Waals surface area contributed by atoms with Crippen LogP contribution in [0.4, 0.5) is 5.69 Å². The first kappa shape index (κ1) is 26.4. The molecule has 1 amide bonds. The van der Waals surface area contributed by atoms with Gasteiger partial charge in [0, 0.05) is 30.9 Å². The Morgan fingerprint density at radius 2 is 1.60 bits per heavy atom. The molecule has 0 atom stereocenters. The number of carbonyl (C=O) groups is 1. The topological polar surface area (TPSA) is 61.0 Å². The van der Waals surface area contributed by atoms with E-state index in [1.807, 2.05) is 75.5 Å². The van der Waals surface area contributed by atoms with Crippen LogP contribution in [0, 0.1) is 0 Å². The number of anilines is 1. The standard InChI is InChI=1S/C29H36N4OS/c1-9-18-35-28(19(2)3)32-27(34)25-24(20-12-16-23(17-13-20)33(7)8)30-26(31-25)21-10-14-22(15-11-21)29(4,5)6/h9-18H,1-8H3,(H,30,31)(H,32,34)/b18-9-. The van der Waals surface area contributed by atoms with Crippen molar-refractivity contribution in [3.63, 3.8) is 0 Å². The lowest BCUT2D eigenvalue weighted by Gasteiger charge is -2.18. The largest absolute Gasteiger partial charge is 0.378 e. The summed E-state index contributed by atoms with van der Waals surface area (Å²) in [6.45, 7) is 12.5. The van der Waals surface area contributed by atoms with Crippen molar-refractivity contribution in [1.29, 1.82) is 0 Å². The van der Waals surface area contributed by atoms with Crippen LogP contribution in [0.3, 0.4) is 0 Å². The first-order chi connectivity index (χ1) is 16.5. The zero-order valence-corrected chi connectivity index (χ0v) is 22.8. The molecule has 3 aromatic rings. The molecule has 1 heterocycles. The van der Waals surface area contributed by atoms with Gasteiger partial charge in [-0.25, -0.2) is 4.98 Å². The minimum absolute atomic E-state index is 0.0669. The predicted octanol–water partition coefficient (Wildman–Crippen LogP) is 7.36. The Morgan fingerprint density at radius 3 is 2.11 bits per heavy atom. The number of H-pyrrole nitrogens is 1. The van der Waals surface area contributed by atoms with E-state index in [2.05, 4.69) is 55.3 Å². The van der Waals surface area contributed by atoms with Crippen molar-refractivity contribution >= 4 is 23.4 Å². The Hall–Kier alpha value is -3.25. The highest BCUT2D eigenvalue weighted by Crippen LogP contribution is 2.30. The van der Waals surface area contributed by atoms with Crippen molar-refractivity contribution in [1.82, 2.24) is 15.3 Å². The minimum Gasteiger partial charge on any atom is -0.378 e. The van der Waals surface area contributed by atoms with Crippen molar-refractivity contribution in [2.75, 3.05) is 19.0 Å². The number of aromatic nitrogens is 2. The monoisotopic (exact) mass is 488 g/mol. The van der Waals surface area contributed by atoms with Crippen LogP contribution >= 0.6 is 11.8 Å². The van der Waals surface area contributed by atoms with E-state index >= 15 is 0 Å². The number of hydrogen-bond donors (Lipinski definition) is 2. The van der Waals surface area contributed by atoms with Crippen molar-refractivity contribution in [2.45, 2.75) is 47.0 Å². The van der Waals surface area contributed by atoms with Crippen molar-refractivity contribution in [3.05, 3.63) is 81.9 Å². The molecular formula is C29H36N4OS. The fourth-order valence-corrected chi connectivity index (χ4v) is 4.16. The maximum absolute atomic E-state index is 13.5. The highest BCUT2D eigenvalue weighted by atomic mass is 32.2. The van der Waals surface area contributed by atoms with E-state index in [0.717, 1.165) is 27.4 Å². The van der Waals surface area contributed by atoms with Crippen LogP contribution in [-0.4, -0.2) is 30.0 Å². The molecule has 184 valence electrons. The fourth-order valence-electron chi connectivity index (χ4n) is 3.50. The average Bonchev–Trinajstić information content (AvgIpc) is 3.26. The second kappa shape index (κ2) is 11.0. The summed E-state index contributed by atoms with van der Waals surface area (Å²) in [6, 6.07) is 16.4. The second-order valence-corrected chi connectivity index (χ2v) is 10.9. The van der Waals surface area contributed by atoms with E-state index in [4.69, 9.17) is 4.98 Å². The van der Waals surface area contributed by atoms with Crippen LogP contribution < -0.4 is 10.2 Å². The molecule has 0 aliphatic heterocycles. The van der Waals surface area contributed by atoms with Crippen LogP contribution in [0.5, 0.6) is 0 Å². The van der Waals surface area contributed by atoms with E-state index in [1.54, 1.807) is 0 Å². The summed E-state index contributed by atoms with van der Waals surface area (Å²) in [5.41, 5.74) is 6.34. The van der Waals surface area contributed by atoms with Gasteiger partial charge in [0.1, 0.15) is 17.2 Å². The predicted molar refractivity (Wildman–Crippen MR) is 151 cm³/mol. The second-order valence-electron chi connectivity index (χ2n) is 9.95. The third kappa shape index (κ3) is 6.45. The third-order valence-electron chi connectivity index (χ3n) is 5.62. The van der Waals surface area contributed by atoms with Crippen LogP contribution in [-0.2, 0) is 5.41 Å². The highest BCUT2D eigenvalue weighted by molar-refractivity contribution is 8.05. The molecule has 3 rings (SSSR count). The summed E-state index contributed by atoms with van der Waals surface area (Å²) in [4.78, 5) is 23.7. The molecule has 0 saturated carbocycles. The molecule has 0 saturated heterocycles. The molecule has 2 aromatic carbocycles. The van der Waals surface area contributed by atoms with E-state index < -0.39 is 0 Å². The Balaban J connectivity index is 2.06. The zero-order chi connectivity index (χ0) is 25.8. The van der Waals surface area contributed by atoms with Crippen molar-refractivity contribution < 1.29 is 4.79 Å². The van der Waals surface area contributed by atoms with Crippen LogP contribution in [0.25, 0.3) is 22.6 Å². The average molecular weight is 489 g/mol. The molecule has 0 spiro atoms. The smallest absolute Gasteiger partial charge is 0.274 e. The van der Waals surface area contributed by atoms with Gasteiger partial charge < -0.3 is 15.2 Å². The molecule has 0 aliphatic rings. The SMILES string of the molecule is C/C=C\SC(NC(=O)c1[nH]c(-c2ccc(C(C)(C)C)cc2)nc1-c1ccc(N(C)C)cc1)=C(C)C. The first-order valence-corrected chi connectivity index (χ1v) is 12.6.